The molecule has 1 fully saturated rings. The van der Waals surface area contributed by atoms with Gasteiger partial charge in [0.05, 0.1) is 0 Å². The summed E-state index contributed by atoms with van der Waals surface area (Å²) in [7, 11) is 1.62. The Bertz CT molecular complexity index is 469. The van der Waals surface area contributed by atoms with Gasteiger partial charge >= 0.3 is 0 Å². The van der Waals surface area contributed by atoms with Crippen molar-refractivity contribution < 1.29 is 9.84 Å². The minimum Gasteiger partial charge on any atom is -0.492 e. The molecule has 6 heteroatoms. The molecule has 1 aliphatic carbocycles. The van der Waals surface area contributed by atoms with Gasteiger partial charge in [-0.2, -0.15) is 4.98 Å². The van der Waals surface area contributed by atoms with E-state index in [0.717, 1.165) is 12.8 Å². The predicted molar refractivity (Wildman–Crippen MR) is 75.6 cm³/mol. The molecule has 100 valence electrons. The number of nitrogens with one attached hydrogen (secondary N) is 1. The number of hydrogen-bond donors (Lipinski definition) is 2. The van der Waals surface area contributed by atoms with Crippen molar-refractivity contribution in [3.63, 3.8) is 0 Å². The molecule has 0 bridgehead atoms. The fourth-order valence-electron chi connectivity index (χ4n) is 2.56. The summed E-state index contributed by atoms with van der Waals surface area (Å²) in [6.45, 7) is 0. The highest BCUT2D eigenvalue weighted by atomic mass is 127. The smallest absolute Gasteiger partial charge is 0.268 e. The average Bonchev–Trinajstić information content (AvgIpc) is 2.38. The average molecular weight is 364 g/mol. The first-order chi connectivity index (χ1) is 8.63. The van der Waals surface area contributed by atoms with Crippen molar-refractivity contribution in [1.29, 1.82) is 0 Å². The maximum Gasteiger partial charge on any atom is 0.268 e. The van der Waals surface area contributed by atoms with Crippen LogP contribution in [0.15, 0.2) is 4.79 Å². The van der Waals surface area contributed by atoms with Gasteiger partial charge in [0, 0.05) is 7.11 Å². The van der Waals surface area contributed by atoms with E-state index in [-0.39, 0.29) is 21.1 Å². The first-order valence-corrected chi connectivity index (χ1v) is 7.23. The van der Waals surface area contributed by atoms with Crippen LogP contribution in [0.5, 0.6) is 5.88 Å². The summed E-state index contributed by atoms with van der Waals surface area (Å²) in [6.07, 6.45) is 5.55. The van der Waals surface area contributed by atoms with Crippen molar-refractivity contribution in [2.45, 2.75) is 38.2 Å². The molecule has 0 aliphatic heterocycles. The van der Waals surface area contributed by atoms with Gasteiger partial charge in [0.25, 0.3) is 5.56 Å². The Morgan fingerprint density at radius 1 is 1.44 bits per heavy atom. The van der Waals surface area contributed by atoms with Crippen LogP contribution in [-0.4, -0.2) is 22.2 Å². The fourth-order valence-corrected chi connectivity index (χ4v) is 2.82. The lowest BCUT2D eigenvalue weighted by atomic mass is 9.85. The van der Waals surface area contributed by atoms with Crippen LogP contribution in [-0.2, 0) is 4.74 Å². The van der Waals surface area contributed by atoms with Gasteiger partial charge in [-0.15, -0.1) is 0 Å². The molecule has 1 aromatic rings. The summed E-state index contributed by atoms with van der Waals surface area (Å²) >= 11 is 1.78. The molecule has 1 unspecified atom stereocenters. The zero-order valence-electron chi connectivity index (χ0n) is 10.3. The van der Waals surface area contributed by atoms with Crippen LogP contribution in [0.1, 0.15) is 44.0 Å². The van der Waals surface area contributed by atoms with Crippen LogP contribution in [0.3, 0.4) is 0 Å². The Hall–Kier alpha value is -0.630. The lowest BCUT2D eigenvalue weighted by Gasteiger charge is -2.28. The monoisotopic (exact) mass is 364 g/mol. The van der Waals surface area contributed by atoms with E-state index in [9.17, 15) is 9.90 Å². The largest absolute Gasteiger partial charge is 0.492 e. The first kappa shape index (κ1) is 13.8. The molecular weight excluding hydrogens is 347 g/mol. The third-order valence-electron chi connectivity index (χ3n) is 3.47. The van der Waals surface area contributed by atoms with Crippen molar-refractivity contribution in [2.75, 3.05) is 7.11 Å². The molecule has 18 heavy (non-hydrogen) atoms. The van der Waals surface area contributed by atoms with Crippen LogP contribution < -0.4 is 5.56 Å². The minimum absolute atomic E-state index is 0.216. The third-order valence-corrected chi connectivity index (χ3v) is 4.44. The number of H-pyrrole nitrogens is 1. The van der Waals surface area contributed by atoms with Gasteiger partial charge in [-0.05, 0) is 41.4 Å². The molecule has 2 rings (SSSR count). The lowest BCUT2D eigenvalue weighted by Crippen LogP contribution is -2.24. The van der Waals surface area contributed by atoms with E-state index < -0.39 is 0 Å². The van der Waals surface area contributed by atoms with Crippen LogP contribution in [0, 0.1) is 9.49 Å². The van der Waals surface area contributed by atoms with Crippen molar-refractivity contribution in [1.82, 2.24) is 9.97 Å². The van der Waals surface area contributed by atoms with E-state index in [4.69, 9.17) is 4.74 Å². The van der Waals surface area contributed by atoms with Gasteiger partial charge in [0.15, 0.2) is 0 Å². The standard InChI is InChI=1S/C12H17IN2O3/c1-18-9(7-5-3-2-4-6-7)10-14-11(16)8(13)12(17)15-10/h7,9H,2-6H2,1H3,(H2,14,15,16,17). The number of ether oxygens (including phenoxy) is 1. The highest BCUT2D eigenvalue weighted by Gasteiger charge is 2.27. The van der Waals surface area contributed by atoms with Crippen molar-refractivity contribution >= 4 is 22.6 Å². The summed E-state index contributed by atoms with van der Waals surface area (Å²) in [5, 5.41) is 9.63. The van der Waals surface area contributed by atoms with E-state index in [1.54, 1.807) is 29.7 Å². The lowest BCUT2D eigenvalue weighted by molar-refractivity contribution is 0.0283. The number of hydrogen-bond acceptors (Lipinski definition) is 4. The highest BCUT2D eigenvalue weighted by molar-refractivity contribution is 14.1. The van der Waals surface area contributed by atoms with E-state index in [1.807, 2.05) is 0 Å². The van der Waals surface area contributed by atoms with Gasteiger partial charge in [0.1, 0.15) is 15.5 Å². The second kappa shape index (κ2) is 6.01. The molecule has 0 aromatic carbocycles. The molecule has 1 saturated carbocycles. The summed E-state index contributed by atoms with van der Waals surface area (Å²) in [5.74, 6) is 0.589. The molecule has 0 amide bonds. The molecule has 1 aromatic heterocycles. The Kier molecular flexibility index (Phi) is 4.60. The van der Waals surface area contributed by atoms with Gasteiger partial charge in [0.2, 0.25) is 5.88 Å². The highest BCUT2D eigenvalue weighted by Crippen LogP contribution is 2.35. The fraction of sp³-hybridized carbons (Fsp3) is 0.667. The van der Waals surface area contributed by atoms with Gasteiger partial charge in [-0.3, -0.25) is 4.79 Å². The molecule has 5 nitrogen and oxygen atoms in total. The maximum absolute atomic E-state index is 11.6. The first-order valence-electron chi connectivity index (χ1n) is 6.15. The van der Waals surface area contributed by atoms with Gasteiger partial charge in [-0.1, -0.05) is 19.3 Å². The molecule has 0 radical (unpaired) electrons. The Morgan fingerprint density at radius 2 is 2.11 bits per heavy atom. The molecule has 0 spiro atoms. The number of aromatic hydroxyl groups is 1. The summed E-state index contributed by atoms with van der Waals surface area (Å²) < 4.78 is 5.70. The van der Waals surface area contributed by atoms with Crippen LogP contribution in [0.4, 0.5) is 0 Å². The molecular formula is C12H17IN2O3. The topological polar surface area (TPSA) is 75.2 Å². The quantitative estimate of drug-likeness (QED) is 0.808. The van der Waals surface area contributed by atoms with E-state index in [0.29, 0.717) is 11.7 Å². The number of aromatic nitrogens is 2. The Balaban J connectivity index is 2.29. The van der Waals surface area contributed by atoms with Crippen LogP contribution in [0.2, 0.25) is 0 Å². The summed E-state index contributed by atoms with van der Waals surface area (Å²) in [6, 6.07) is 0. The molecule has 1 heterocycles. The number of halogens is 1. The summed E-state index contributed by atoms with van der Waals surface area (Å²) in [4.78, 5) is 18.4. The maximum atomic E-state index is 11.6. The predicted octanol–water partition coefficient (Wildman–Crippen LogP) is 2.35. The SMILES string of the molecule is COC(c1nc(O)c(I)c(=O)[nH]1)C1CCCCC1. The number of nitrogens with zero attached hydrogens (tertiary/aromatic N) is 1. The molecule has 1 atom stereocenters. The van der Waals surface area contributed by atoms with Crippen molar-refractivity contribution in [2.24, 2.45) is 5.92 Å². The zero-order valence-corrected chi connectivity index (χ0v) is 12.4. The van der Waals surface area contributed by atoms with E-state index in [1.165, 1.54) is 19.3 Å². The number of methoxy groups -OCH3 is 1. The minimum atomic E-state index is -0.309. The van der Waals surface area contributed by atoms with E-state index in [2.05, 4.69) is 9.97 Å². The molecule has 0 saturated heterocycles. The second-order valence-electron chi connectivity index (χ2n) is 4.64. The van der Waals surface area contributed by atoms with Crippen LogP contribution in [0.25, 0.3) is 0 Å². The number of aromatic amines is 1. The zero-order chi connectivity index (χ0) is 13.1. The Morgan fingerprint density at radius 3 is 2.67 bits per heavy atom. The number of rotatable bonds is 3. The van der Waals surface area contributed by atoms with E-state index >= 15 is 0 Å². The normalized spacial score (nSPS) is 18.8. The second-order valence-corrected chi connectivity index (χ2v) is 5.72. The van der Waals surface area contributed by atoms with Crippen LogP contribution >= 0.6 is 22.6 Å². The van der Waals surface area contributed by atoms with Gasteiger partial charge in [-0.25, -0.2) is 0 Å². The Labute approximate surface area is 119 Å². The summed E-state index contributed by atoms with van der Waals surface area (Å²) in [5.41, 5.74) is -0.309. The molecule has 2 N–H and O–H groups in total. The van der Waals surface area contributed by atoms with Crippen molar-refractivity contribution in [3.05, 3.63) is 19.7 Å². The van der Waals surface area contributed by atoms with Crippen molar-refractivity contribution in [3.8, 4) is 5.88 Å². The molecule has 1 aliphatic rings. The van der Waals surface area contributed by atoms with Gasteiger partial charge < -0.3 is 14.8 Å². The third kappa shape index (κ3) is 2.85.